The Hall–Kier alpha value is -2.55. The number of hydrogen-bond acceptors (Lipinski definition) is 2. The number of nitrogens with zero attached hydrogens (tertiary/aromatic N) is 2. The second-order valence-electron chi connectivity index (χ2n) is 4.48. The third-order valence-corrected chi connectivity index (χ3v) is 3.16. The SMILES string of the molecule is Cc1nc2c(C=Cc3ccccc3)cccn2c1N. The van der Waals surface area contributed by atoms with Crippen LogP contribution in [0, 0.1) is 6.92 Å². The molecule has 0 saturated carbocycles. The Morgan fingerprint density at radius 2 is 1.84 bits per heavy atom. The normalized spacial score (nSPS) is 11.4. The van der Waals surface area contributed by atoms with Gasteiger partial charge in [0.05, 0.1) is 5.69 Å². The number of rotatable bonds is 2. The minimum absolute atomic E-state index is 0.699. The highest BCUT2D eigenvalue weighted by Crippen LogP contribution is 2.19. The first kappa shape index (κ1) is 11.5. The Balaban J connectivity index is 2.06. The van der Waals surface area contributed by atoms with Gasteiger partial charge < -0.3 is 5.73 Å². The molecule has 0 aliphatic heterocycles. The van der Waals surface area contributed by atoms with Crippen molar-refractivity contribution in [3.05, 3.63) is 65.5 Å². The predicted molar refractivity (Wildman–Crippen MR) is 79.7 cm³/mol. The Morgan fingerprint density at radius 3 is 2.63 bits per heavy atom. The quantitative estimate of drug-likeness (QED) is 0.756. The maximum Gasteiger partial charge on any atom is 0.145 e. The standard InChI is InChI=1S/C16H15N3/c1-12-15(17)19-11-5-8-14(16(19)18-12)10-9-13-6-3-2-4-7-13/h2-11H,17H2,1H3. The largest absolute Gasteiger partial charge is 0.383 e. The van der Waals surface area contributed by atoms with E-state index in [4.69, 9.17) is 5.73 Å². The van der Waals surface area contributed by atoms with E-state index in [-0.39, 0.29) is 0 Å². The van der Waals surface area contributed by atoms with Crippen LogP contribution in [0.3, 0.4) is 0 Å². The van der Waals surface area contributed by atoms with Crippen LogP contribution in [0.5, 0.6) is 0 Å². The number of pyridine rings is 1. The van der Waals surface area contributed by atoms with Gasteiger partial charge in [-0.25, -0.2) is 4.98 Å². The molecule has 0 aliphatic carbocycles. The average molecular weight is 249 g/mol. The first-order valence-corrected chi connectivity index (χ1v) is 6.22. The van der Waals surface area contributed by atoms with Gasteiger partial charge in [0.1, 0.15) is 11.5 Å². The molecular weight excluding hydrogens is 234 g/mol. The van der Waals surface area contributed by atoms with Crippen molar-refractivity contribution in [1.82, 2.24) is 9.38 Å². The molecule has 2 aromatic heterocycles. The molecule has 3 rings (SSSR count). The lowest BCUT2D eigenvalue weighted by Crippen LogP contribution is -1.93. The fourth-order valence-corrected chi connectivity index (χ4v) is 2.10. The van der Waals surface area contributed by atoms with Crippen molar-refractivity contribution >= 4 is 23.6 Å². The summed E-state index contributed by atoms with van der Waals surface area (Å²) >= 11 is 0. The molecule has 0 atom stereocenters. The first-order valence-electron chi connectivity index (χ1n) is 6.22. The lowest BCUT2D eigenvalue weighted by atomic mass is 10.1. The lowest BCUT2D eigenvalue weighted by molar-refractivity contribution is 1.19. The third kappa shape index (κ3) is 2.10. The second kappa shape index (κ2) is 4.61. The summed E-state index contributed by atoms with van der Waals surface area (Å²) in [6, 6.07) is 14.2. The van der Waals surface area contributed by atoms with Gasteiger partial charge in [0.2, 0.25) is 0 Å². The highest BCUT2D eigenvalue weighted by Gasteiger charge is 2.06. The van der Waals surface area contributed by atoms with E-state index in [1.165, 1.54) is 5.56 Å². The number of anilines is 1. The Kier molecular flexibility index (Phi) is 2.80. The number of hydrogen-bond donors (Lipinski definition) is 1. The number of benzene rings is 1. The molecule has 0 spiro atoms. The van der Waals surface area contributed by atoms with Gasteiger partial charge in [-0.05, 0) is 24.6 Å². The van der Waals surface area contributed by atoms with Crippen molar-refractivity contribution in [2.24, 2.45) is 0 Å². The minimum Gasteiger partial charge on any atom is -0.383 e. The molecule has 2 heterocycles. The summed E-state index contributed by atoms with van der Waals surface area (Å²) < 4.78 is 1.92. The zero-order valence-corrected chi connectivity index (χ0v) is 10.7. The van der Waals surface area contributed by atoms with E-state index in [1.807, 2.05) is 47.9 Å². The Labute approximate surface area is 112 Å². The maximum atomic E-state index is 5.99. The topological polar surface area (TPSA) is 43.3 Å². The highest BCUT2D eigenvalue weighted by molar-refractivity contribution is 5.77. The summed E-state index contributed by atoms with van der Waals surface area (Å²) in [6.07, 6.45) is 6.08. The van der Waals surface area contributed by atoms with Crippen molar-refractivity contribution < 1.29 is 0 Å². The zero-order chi connectivity index (χ0) is 13.2. The van der Waals surface area contributed by atoms with Crippen LogP contribution in [0.25, 0.3) is 17.8 Å². The molecule has 94 valence electrons. The van der Waals surface area contributed by atoms with E-state index in [2.05, 4.69) is 29.3 Å². The van der Waals surface area contributed by atoms with Gasteiger partial charge in [0.15, 0.2) is 0 Å². The number of fused-ring (bicyclic) bond motifs is 1. The number of nitrogens with two attached hydrogens (primary N) is 1. The highest BCUT2D eigenvalue weighted by atomic mass is 15.1. The van der Waals surface area contributed by atoms with Crippen molar-refractivity contribution in [1.29, 1.82) is 0 Å². The van der Waals surface area contributed by atoms with Crippen LogP contribution < -0.4 is 5.73 Å². The fraction of sp³-hybridized carbons (Fsp3) is 0.0625. The van der Waals surface area contributed by atoms with E-state index in [0.29, 0.717) is 5.82 Å². The van der Waals surface area contributed by atoms with Crippen LogP contribution in [0.2, 0.25) is 0 Å². The van der Waals surface area contributed by atoms with Crippen LogP contribution in [-0.4, -0.2) is 9.38 Å². The van der Waals surface area contributed by atoms with Gasteiger partial charge in [-0.2, -0.15) is 0 Å². The van der Waals surface area contributed by atoms with Gasteiger partial charge in [-0.15, -0.1) is 0 Å². The molecule has 0 saturated heterocycles. The molecule has 0 fully saturated rings. The maximum absolute atomic E-state index is 5.99. The zero-order valence-electron chi connectivity index (χ0n) is 10.7. The Bertz CT molecular complexity index is 739. The Morgan fingerprint density at radius 1 is 1.05 bits per heavy atom. The summed E-state index contributed by atoms with van der Waals surface area (Å²) in [5, 5.41) is 0. The van der Waals surface area contributed by atoms with Gasteiger partial charge in [0.25, 0.3) is 0 Å². The van der Waals surface area contributed by atoms with E-state index < -0.39 is 0 Å². The monoisotopic (exact) mass is 249 g/mol. The molecule has 0 amide bonds. The molecule has 19 heavy (non-hydrogen) atoms. The molecule has 0 aliphatic rings. The summed E-state index contributed by atoms with van der Waals surface area (Å²) in [6.45, 7) is 1.92. The smallest absolute Gasteiger partial charge is 0.145 e. The third-order valence-electron chi connectivity index (χ3n) is 3.16. The van der Waals surface area contributed by atoms with Crippen molar-refractivity contribution in [2.75, 3.05) is 5.73 Å². The first-order chi connectivity index (χ1) is 9.25. The van der Waals surface area contributed by atoms with Gasteiger partial charge in [-0.1, -0.05) is 42.5 Å². The van der Waals surface area contributed by atoms with Crippen LogP contribution in [0.15, 0.2) is 48.7 Å². The van der Waals surface area contributed by atoms with Gasteiger partial charge in [-0.3, -0.25) is 4.40 Å². The molecule has 3 heteroatoms. The molecule has 0 radical (unpaired) electrons. The molecule has 0 bridgehead atoms. The van der Waals surface area contributed by atoms with Crippen LogP contribution in [0.1, 0.15) is 16.8 Å². The molecule has 1 aromatic carbocycles. The van der Waals surface area contributed by atoms with Crippen molar-refractivity contribution in [2.45, 2.75) is 6.92 Å². The predicted octanol–water partition coefficient (Wildman–Crippen LogP) is 3.40. The summed E-state index contributed by atoms with van der Waals surface area (Å²) in [7, 11) is 0. The summed E-state index contributed by atoms with van der Waals surface area (Å²) in [5.74, 6) is 0.699. The van der Waals surface area contributed by atoms with Crippen LogP contribution in [-0.2, 0) is 0 Å². The molecule has 0 unspecified atom stereocenters. The average Bonchev–Trinajstić information content (AvgIpc) is 2.74. The van der Waals surface area contributed by atoms with Crippen LogP contribution in [0.4, 0.5) is 5.82 Å². The van der Waals surface area contributed by atoms with E-state index in [9.17, 15) is 0 Å². The summed E-state index contributed by atoms with van der Waals surface area (Å²) in [5.41, 5.74) is 9.97. The fourth-order valence-electron chi connectivity index (χ4n) is 2.10. The number of imidazole rings is 1. The van der Waals surface area contributed by atoms with Gasteiger partial charge >= 0.3 is 0 Å². The van der Waals surface area contributed by atoms with Gasteiger partial charge in [0, 0.05) is 11.8 Å². The molecule has 3 aromatic rings. The van der Waals surface area contributed by atoms with Crippen molar-refractivity contribution in [3.8, 4) is 0 Å². The summed E-state index contributed by atoms with van der Waals surface area (Å²) in [4.78, 5) is 4.51. The number of aryl methyl sites for hydroxylation is 1. The molecular formula is C16H15N3. The van der Waals surface area contributed by atoms with E-state index in [1.54, 1.807) is 0 Å². The second-order valence-corrected chi connectivity index (χ2v) is 4.48. The van der Waals surface area contributed by atoms with E-state index in [0.717, 1.165) is 16.9 Å². The molecule has 3 nitrogen and oxygen atoms in total. The minimum atomic E-state index is 0.699. The van der Waals surface area contributed by atoms with E-state index >= 15 is 0 Å². The van der Waals surface area contributed by atoms with Crippen molar-refractivity contribution in [3.63, 3.8) is 0 Å². The molecule has 2 N–H and O–H groups in total. The number of nitrogen functional groups attached to an aromatic ring is 1. The van der Waals surface area contributed by atoms with Crippen LogP contribution >= 0.6 is 0 Å². The lowest BCUT2D eigenvalue weighted by Gasteiger charge is -1.99. The number of aromatic nitrogens is 2.